The lowest BCUT2D eigenvalue weighted by Gasteiger charge is -2.30. The SMILES string of the molecule is C[C@@H](CN1CCCCc2ccc(C(C)(C)C)cc2C1)NC(=O)/C=N\O. The van der Waals surface area contributed by atoms with Gasteiger partial charge in [-0.05, 0) is 54.8 Å². The maximum absolute atomic E-state index is 11.5. The molecule has 5 heteroatoms. The van der Waals surface area contributed by atoms with Crippen LogP contribution in [0.15, 0.2) is 23.4 Å². The summed E-state index contributed by atoms with van der Waals surface area (Å²) in [4.78, 5) is 13.9. The van der Waals surface area contributed by atoms with E-state index < -0.39 is 0 Å². The molecule has 0 saturated heterocycles. The van der Waals surface area contributed by atoms with E-state index in [-0.39, 0.29) is 17.4 Å². The summed E-state index contributed by atoms with van der Waals surface area (Å²) in [6, 6.07) is 6.92. The van der Waals surface area contributed by atoms with Crippen LogP contribution in [0.4, 0.5) is 0 Å². The number of nitrogens with one attached hydrogen (secondary N) is 1. The van der Waals surface area contributed by atoms with Gasteiger partial charge in [0.25, 0.3) is 5.91 Å². The van der Waals surface area contributed by atoms with Crippen LogP contribution in [-0.4, -0.2) is 41.4 Å². The number of aryl methyl sites for hydroxylation is 1. The molecule has 0 radical (unpaired) electrons. The quantitative estimate of drug-likeness (QED) is 0.501. The molecule has 0 saturated carbocycles. The first-order valence-corrected chi connectivity index (χ1v) is 9.12. The van der Waals surface area contributed by atoms with E-state index in [9.17, 15) is 4.79 Å². The second kappa shape index (κ2) is 8.48. The van der Waals surface area contributed by atoms with Crippen molar-refractivity contribution in [1.29, 1.82) is 0 Å². The minimum absolute atomic E-state index is 0.000764. The smallest absolute Gasteiger partial charge is 0.266 e. The van der Waals surface area contributed by atoms with Crippen LogP contribution in [0.1, 0.15) is 57.2 Å². The maximum Gasteiger partial charge on any atom is 0.266 e. The van der Waals surface area contributed by atoms with Gasteiger partial charge in [0.15, 0.2) is 0 Å². The molecular formula is C20H31N3O2. The Morgan fingerprint density at radius 3 is 2.80 bits per heavy atom. The van der Waals surface area contributed by atoms with Gasteiger partial charge in [0.05, 0.1) is 0 Å². The van der Waals surface area contributed by atoms with Gasteiger partial charge >= 0.3 is 0 Å². The van der Waals surface area contributed by atoms with E-state index in [1.54, 1.807) is 0 Å². The Kier molecular flexibility index (Phi) is 6.59. The van der Waals surface area contributed by atoms with Gasteiger partial charge in [-0.2, -0.15) is 0 Å². The number of rotatable bonds is 4. The van der Waals surface area contributed by atoms with Gasteiger partial charge in [0.1, 0.15) is 6.21 Å². The normalized spacial score (nSPS) is 17.6. The first-order valence-electron chi connectivity index (χ1n) is 9.12. The van der Waals surface area contributed by atoms with E-state index in [4.69, 9.17) is 5.21 Å². The number of oxime groups is 1. The molecule has 0 bridgehead atoms. The average molecular weight is 345 g/mol. The maximum atomic E-state index is 11.5. The molecule has 0 aromatic heterocycles. The highest BCUT2D eigenvalue weighted by Crippen LogP contribution is 2.27. The first kappa shape index (κ1) is 19.4. The Morgan fingerprint density at radius 1 is 1.36 bits per heavy atom. The number of carbonyl (C=O) groups is 1. The van der Waals surface area contributed by atoms with Crippen LogP contribution in [0.3, 0.4) is 0 Å². The van der Waals surface area contributed by atoms with Gasteiger partial charge < -0.3 is 10.5 Å². The zero-order valence-corrected chi connectivity index (χ0v) is 15.9. The third-order valence-electron chi connectivity index (χ3n) is 4.73. The highest BCUT2D eigenvalue weighted by atomic mass is 16.4. The molecule has 1 aliphatic heterocycles. The standard InChI is InChI=1S/C20H31N3O2/c1-15(22-19(24)12-21-25)13-23-10-6-5-7-16-8-9-18(20(2,3)4)11-17(16)14-23/h8-9,11-12,15,25H,5-7,10,13-14H2,1-4H3,(H,22,24)/b21-12-/t15-/m0/s1. The summed E-state index contributed by atoms with van der Waals surface area (Å²) in [5, 5.41) is 14.0. The van der Waals surface area contributed by atoms with Crippen molar-refractivity contribution < 1.29 is 10.0 Å². The number of carbonyl (C=O) groups excluding carboxylic acids is 1. The van der Waals surface area contributed by atoms with E-state index in [0.29, 0.717) is 0 Å². The number of amides is 1. The van der Waals surface area contributed by atoms with Crippen LogP contribution in [-0.2, 0) is 23.2 Å². The molecule has 1 atom stereocenters. The molecule has 0 spiro atoms. The van der Waals surface area contributed by atoms with Crippen molar-refractivity contribution in [2.75, 3.05) is 13.1 Å². The molecule has 1 aromatic rings. The predicted molar refractivity (Wildman–Crippen MR) is 101 cm³/mol. The van der Waals surface area contributed by atoms with Gasteiger partial charge in [-0.3, -0.25) is 9.69 Å². The number of benzene rings is 1. The van der Waals surface area contributed by atoms with E-state index in [0.717, 1.165) is 32.3 Å². The monoisotopic (exact) mass is 345 g/mol. The Balaban J connectivity index is 2.11. The minimum Gasteiger partial charge on any atom is -0.411 e. The zero-order chi connectivity index (χ0) is 18.4. The molecule has 1 aliphatic rings. The summed E-state index contributed by atoms with van der Waals surface area (Å²) in [5.41, 5.74) is 4.37. The van der Waals surface area contributed by atoms with Gasteiger partial charge in [0, 0.05) is 19.1 Å². The number of hydrogen-bond acceptors (Lipinski definition) is 4. The molecule has 2 N–H and O–H groups in total. The van der Waals surface area contributed by atoms with Crippen molar-refractivity contribution in [2.45, 2.75) is 65.0 Å². The van der Waals surface area contributed by atoms with E-state index in [2.05, 4.69) is 54.3 Å². The van der Waals surface area contributed by atoms with Gasteiger partial charge in [-0.15, -0.1) is 0 Å². The minimum atomic E-state index is -0.363. The fourth-order valence-electron chi connectivity index (χ4n) is 3.38. The first-order chi connectivity index (χ1) is 11.8. The third-order valence-corrected chi connectivity index (χ3v) is 4.73. The molecule has 2 rings (SSSR count). The Hall–Kier alpha value is -1.88. The average Bonchev–Trinajstić information content (AvgIpc) is 2.48. The molecule has 0 unspecified atom stereocenters. The third kappa shape index (κ3) is 5.85. The lowest BCUT2D eigenvalue weighted by molar-refractivity contribution is -0.115. The fraction of sp³-hybridized carbons (Fsp3) is 0.600. The summed E-state index contributed by atoms with van der Waals surface area (Å²) < 4.78 is 0. The Labute approximate surface area is 151 Å². The topological polar surface area (TPSA) is 64.9 Å². The highest BCUT2D eigenvalue weighted by molar-refractivity contribution is 6.26. The second-order valence-electron chi connectivity index (χ2n) is 8.08. The number of fused-ring (bicyclic) bond motifs is 1. The largest absolute Gasteiger partial charge is 0.411 e. The van der Waals surface area contributed by atoms with Gasteiger partial charge in [-0.1, -0.05) is 44.1 Å². The summed E-state index contributed by atoms with van der Waals surface area (Å²) in [7, 11) is 0. The fourth-order valence-corrected chi connectivity index (χ4v) is 3.38. The van der Waals surface area contributed by atoms with E-state index >= 15 is 0 Å². The Bertz CT molecular complexity index is 620. The number of nitrogens with zero attached hydrogens (tertiary/aromatic N) is 2. The summed E-state index contributed by atoms with van der Waals surface area (Å²) in [5.74, 6) is -0.363. The lowest BCUT2D eigenvalue weighted by Crippen LogP contribution is -2.42. The van der Waals surface area contributed by atoms with E-state index in [1.165, 1.54) is 29.5 Å². The van der Waals surface area contributed by atoms with Crippen molar-refractivity contribution in [1.82, 2.24) is 10.2 Å². The molecule has 138 valence electrons. The van der Waals surface area contributed by atoms with Gasteiger partial charge in [-0.25, -0.2) is 0 Å². The van der Waals surface area contributed by atoms with Crippen LogP contribution < -0.4 is 5.32 Å². The Morgan fingerprint density at radius 2 is 2.12 bits per heavy atom. The molecule has 1 aromatic carbocycles. The molecule has 25 heavy (non-hydrogen) atoms. The van der Waals surface area contributed by atoms with Crippen molar-refractivity contribution in [3.05, 3.63) is 34.9 Å². The molecule has 1 amide bonds. The van der Waals surface area contributed by atoms with Crippen LogP contribution in [0, 0.1) is 0 Å². The lowest BCUT2D eigenvalue weighted by atomic mass is 9.84. The molecule has 0 aliphatic carbocycles. The summed E-state index contributed by atoms with van der Waals surface area (Å²) >= 11 is 0. The van der Waals surface area contributed by atoms with Crippen molar-refractivity contribution >= 4 is 12.1 Å². The molecular weight excluding hydrogens is 314 g/mol. The van der Waals surface area contributed by atoms with E-state index in [1.807, 2.05) is 6.92 Å². The summed E-state index contributed by atoms with van der Waals surface area (Å²) in [6.07, 6.45) is 4.40. The van der Waals surface area contributed by atoms with Crippen LogP contribution in [0.25, 0.3) is 0 Å². The second-order valence-corrected chi connectivity index (χ2v) is 8.08. The summed E-state index contributed by atoms with van der Waals surface area (Å²) in [6.45, 7) is 11.4. The molecule has 1 heterocycles. The predicted octanol–water partition coefficient (Wildman–Crippen LogP) is 3.09. The van der Waals surface area contributed by atoms with Gasteiger partial charge in [0.2, 0.25) is 0 Å². The van der Waals surface area contributed by atoms with Crippen LogP contribution in [0.5, 0.6) is 0 Å². The molecule has 0 fully saturated rings. The van der Waals surface area contributed by atoms with Crippen LogP contribution in [0.2, 0.25) is 0 Å². The van der Waals surface area contributed by atoms with Crippen molar-refractivity contribution in [3.63, 3.8) is 0 Å². The number of hydrogen-bond donors (Lipinski definition) is 2. The van der Waals surface area contributed by atoms with Crippen LogP contribution >= 0.6 is 0 Å². The van der Waals surface area contributed by atoms with Crippen molar-refractivity contribution in [2.24, 2.45) is 5.16 Å². The zero-order valence-electron chi connectivity index (χ0n) is 15.9. The highest BCUT2D eigenvalue weighted by Gasteiger charge is 2.19. The molecule has 5 nitrogen and oxygen atoms in total. The van der Waals surface area contributed by atoms with Crippen molar-refractivity contribution in [3.8, 4) is 0 Å².